The molecule has 0 spiro atoms. The Morgan fingerprint density at radius 1 is 1.00 bits per heavy atom. The molecule has 1 heterocycles. The quantitative estimate of drug-likeness (QED) is 0.291. The number of ether oxygens (including phenoxy) is 5. The van der Waals surface area contributed by atoms with Gasteiger partial charge in [0.05, 0.1) is 32.0 Å². The normalized spacial score (nSPS) is 14.2. The largest absolute Gasteiger partial charge is 0.496 e. The summed E-state index contributed by atoms with van der Waals surface area (Å²) in [4.78, 5) is 12.4. The molecule has 0 radical (unpaired) electrons. The summed E-state index contributed by atoms with van der Waals surface area (Å²) in [7, 11) is 3.06. The number of benzene rings is 2. The summed E-state index contributed by atoms with van der Waals surface area (Å²) >= 11 is 0. The molecule has 0 fully saturated rings. The highest BCUT2D eigenvalue weighted by molar-refractivity contribution is 5.99. The molecule has 0 aliphatic heterocycles. The van der Waals surface area contributed by atoms with Crippen LogP contribution in [0, 0.1) is 6.92 Å². The third kappa shape index (κ3) is 6.17. The van der Waals surface area contributed by atoms with Crippen molar-refractivity contribution in [3.05, 3.63) is 52.8 Å². The van der Waals surface area contributed by atoms with Crippen LogP contribution >= 0.6 is 0 Å². The standard InChI is InChI=1S/C31H39NO7/c1-18-13-19-9-10-31(5,6)22(19)17-23(18)38-26-16-21(28(39-26)29(32)33)27-24(34-7)14-20(15-25(27)35-8)36-11-12-37-30(2,3)4/h13-17H,9-12H2,1-8H3,(H2,32,33). The minimum Gasteiger partial charge on any atom is -0.496 e. The van der Waals surface area contributed by atoms with E-state index in [0.717, 1.165) is 18.4 Å². The van der Waals surface area contributed by atoms with Crippen LogP contribution < -0.4 is 24.7 Å². The highest BCUT2D eigenvalue weighted by Crippen LogP contribution is 2.47. The lowest BCUT2D eigenvalue weighted by atomic mass is 9.86. The van der Waals surface area contributed by atoms with Gasteiger partial charge in [-0.15, -0.1) is 0 Å². The molecule has 0 unspecified atom stereocenters. The molecule has 1 aliphatic rings. The van der Waals surface area contributed by atoms with Crippen LogP contribution in [0.5, 0.6) is 28.9 Å². The van der Waals surface area contributed by atoms with Crippen molar-refractivity contribution in [1.29, 1.82) is 0 Å². The summed E-state index contributed by atoms with van der Waals surface area (Å²) in [5, 5.41) is 0. The first-order chi connectivity index (χ1) is 18.3. The molecule has 39 heavy (non-hydrogen) atoms. The van der Waals surface area contributed by atoms with Crippen LogP contribution in [-0.4, -0.2) is 38.9 Å². The number of aryl methyl sites for hydroxylation is 2. The Morgan fingerprint density at radius 3 is 2.26 bits per heavy atom. The van der Waals surface area contributed by atoms with Crippen LogP contribution in [0.3, 0.4) is 0 Å². The lowest BCUT2D eigenvalue weighted by Crippen LogP contribution is -2.22. The fourth-order valence-electron chi connectivity index (χ4n) is 4.92. The SMILES string of the molecule is COc1cc(OCCOC(C)(C)C)cc(OC)c1-c1cc(Oc2cc3c(cc2C)CCC3(C)C)oc1C(N)=O. The molecular weight excluding hydrogens is 498 g/mol. The van der Waals surface area contributed by atoms with Gasteiger partial charge in [-0.1, -0.05) is 19.9 Å². The molecular formula is C31H39NO7. The van der Waals surface area contributed by atoms with E-state index in [2.05, 4.69) is 26.0 Å². The third-order valence-electron chi connectivity index (χ3n) is 6.93. The maximum Gasteiger partial charge on any atom is 0.291 e. The smallest absolute Gasteiger partial charge is 0.291 e. The van der Waals surface area contributed by atoms with Crippen LogP contribution in [0.25, 0.3) is 11.1 Å². The Kier molecular flexibility index (Phi) is 7.89. The average molecular weight is 538 g/mol. The number of primary amides is 1. The van der Waals surface area contributed by atoms with Crippen molar-refractivity contribution in [2.45, 2.75) is 65.4 Å². The summed E-state index contributed by atoms with van der Waals surface area (Å²) in [5.74, 6) is 1.38. The summed E-state index contributed by atoms with van der Waals surface area (Å²) in [5.41, 5.74) is 10.0. The zero-order valence-electron chi connectivity index (χ0n) is 24.2. The minimum absolute atomic E-state index is 0.0620. The maximum atomic E-state index is 12.4. The molecule has 0 bridgehead atoms. The van der Waals surface area contributed by atoms with Gasteiger partial charge in [0, 0.05) is 23.8 Å². The van der Waals surface area contributed by atoms with Gasteiger partial charge in [0.15, 0.2) is 0 Å². The number of nitrogens with two attached hydrogens (primary N) is 1. The summed E-state index contributed by atoms with van der Waals surface area (Å²) < 4.78 is 35.0. The summed E-state index contributed by atoms with van der Waals surface area (Å²) in [6.07, 6.45) is 2.13. The van der Waals surface area contributed by atoms with E-state index in [9.17, 15) is 4.79 Å². The van der Waals surface area contributed by atoms with Crippen LogP contribution in [-0.2, 0) is 16.6 Å². The molecule has 1 amide bonds. The summed E-state index contributed by atoms with van der Waals surface area (Å²) in [6, 6.07) is 9.31. The van der Waals surface area contributed by atoms with Gasteiger partial charge in [-0.3, -0.25) is 4.79 Å². The van der Waals surface area contributed by atoms with Gasteiger partial charge in [0.1, 0.15) is 29.6 Å². The monoisotopic (exact) mass is 537 g/mol. The molecule has 2 aromatic carbocycles. The molecule has 4 rings (SSSR count). The van der Waals surface area contributed by atoms with Crippen molar-refractivity contribution in [3.63, 3.8) is 0 Å². The van der Waals surface area contributed by atoms with Crippen molar-refractivity contribution in [1.82, 2.24) is 0 Å². The number of carbonyl (C=O) groups excluding carboxylic acids is 1. The first-order valence-electron chi connectivity index (χ1n) is 13.1. The van der Waals surface area contributed by atoms with E-state index in [4.69, 9.17) is 33.8 Å². The second-order valence-corrected chi connectivity index (χ2v) is 11.4. The first-order valence-corrected chi connectivity index (χ1v) is 13.1. The zero-order valence-corrected chi connectivity index (χ0v) is 24.2. The van der Waals surface area contributed by atoms with Crippen LogP contribution in [0.4, 0.5) is 0 Å². The van der Waals surface area contributed by atoms with Crippen molar-refractivity contribution < 1.29 is 32.9 Å². The second-order valence-electron chi connectivity index (χ2n) is 11.4. The fraction of sp³-hybridized carbons (Fsp3) is 0.452. The van der Waals surface area contributed by atoms with Crippen LogP contribution in [0.15, 0.2) is 34.7 Å². The van der Waals surface area contributed by atoms with E-state index < -0.39 is 5.91 Å². The number of carbonyl (C=O) groups is 1. The molecule has 0 saturated heterocycles. The number of fused-ring (bicyclic) bond motifs is 1. The zero-order chi connectivity index (χ0) is 28.5. The number of hydrogen-bond donors (Lipinski definition) is 1. The summed E-state index contributed by atoms with van der Waals surface area (Å²) in [6.45, 7) is 13.2. The molecule has 0 saturated carbocycles. The molecule has 1 aromatic heterocycles. The Balaban J connectivity index is 1.68. The number of furan rings is 1. The number of hydrogen-bond acceptors (Lipinski definition) is 7. The minimum atomic E-state index is -0.740. The number of amides is 1. The predicted octanol–water partition coefficient (Wildman–Crippen LogP) is 6.58. The topological polar surface area (TPSA) is 102 Å². The molecule has 0 atom stereocenters. The molecule has 210 valence electrons. The van der Waals surface area contributed by atoms with Gasteiger partial charge >= 0.3 is 0 Å². The Bertz CT molecular complexity index is 1340. The molecule has 2 N–H and O–H groups in total. The van der Waals surface area contributed by atoms with Crippen LogP contribution in [0.1, 0.15) is 68.3 Å². The fourth-order valence-corrected chi connectivity index (χ4v) is 4.92. The van der Waals surface area contributed by atoms with Crippen molar-refractivity contribution in [3.8, 4) is 40.1 Å². The Morgan fingerprint density at radius 2 is 1.67 bits per heavy atom. The number of rotatable bonds is 10. The molecule has 8 heteroatoms. The molecule has 8 nitrogen and oxygen atoms in total. The average Bonchev–Trinajstić information content (AvgIpc) is 3.41. The highest BCUT2D eigenvalue weighted by atomic mass is 16.6. The molecule has 1 aliphatic carbocycles. The lowest BCUT2D eigenvalue weighted by Gasteiger charge is -2.20. The Hall–Kier alpha value is -3.65. The van der Waals surface area contributed by atoms with Crippen LogP contribution in [0.2, 0.25) is 0 Å². The van der Waals surface area contributed by atoms with E-state index >= 15 is 0 Å². The predicted molar refractivity (Wildman–Crippen MR) is 150 cm³/mol. The van der Waals surface area contributed by atoms with Gasteiger partial charge in [-0.05, 0) is 68.7 Å². The van der Waals surface area contributed by atoms with E-state index in [1.54, 1.807) is 18.2 Å². The van der Waals surface area contributed by atoms with E-state index in [1.807, 2.05) is 27.7 Å². The van der Waals surface area contributed by atoms with Gasteiger partial charge in [0.2, 0.25) is 5.76 Å². The van der Waals surface area contributed by atoms with E-state index in [0.29, 0.717) is 47.3 Å². The van der Waals surface area contributed by atoms with Crippen molar-refractivity contribution in [2.24, 2.45) is 5.73 Å². The first kappa shape index (κ1) is 28.4. The third-order valence-corrected chi connectivity index (χ3v) is 6.93. The second kappa shape index (κ2) is 10.8. The van der Waals surface area contributed by atoms with E-state index in [-0.39, 0.29) is 22.7 Å². The van der Waals surface area contributed by atoms with Gasteiger partial charge in [-0.2, -0.15) is 0 Å². The van der Waals surface area contributed by atoms with Crippen molar-refractivity contribution in [2.75, 3.05) is 27.4 Å². The Labute approximate surface area is 230 Å². The lowest BCUT2D eigenvalue weighted by molar-refractivity contribution is -0.0163. The number of methoxy groups -OCH3 is 2. The van der Waals surface area contributed by atoms with Gasteiger partial charge in [-0.25, -0.2) is 0 Å². The van der Waals surface area contributed by atoms with Gasteiger partial charge < -0.3 is 33.8 Å². The molecule has 3 aromatic rings. The highest BCUT2D eigenvalue weighted by Gasteiger charge is 2.31. The maximum absolute atomic E-state index is 12.4. The van der Waals surface area contributed by atoms with Crippen molar-refractivity contribution >= 4 is 5.91 Å². The van der Waals surface area contributed by atoms with Gasteiger partial charge in [0.25, 0.3) is 11.9 Å². The van der Waals surface area contributed by atoms with E-state index in [1.165, 1.54) is 25.3 Å².